The molecule has 0 aliphatic heterocycles. The number of phenolic OH excluding ortho intramolecular Hbond substituents is 1. The number of hydrogen-bond donors (Lipinski definition) is 2. The second-order valence-electron chi connectivity index (χ2n) is 5.90. The summed E-state index contributed by atoms with van der Waals surface area (Å²) in [6.45, 7) is 2.08. The third kappa shape index (κ3) is 3.46. The maximum absolute atomic E-state index is 9.45. The monoisotopic (exact) mass is 347 g/mol. The Morgan fingerprint density at radius 2 is 1.76 bits per heavy atom. The molecule has 4 aromatic rings. The van der Waals surface area contributed by atoms with E-state index in [0.29, 0.717) is 6.42 Å². The molecule has 0 fully saturated rings. The fourth-order valence-corrected chi connectivity index (χ4v) is 3.62. The van der Waals surface area contributed by atoms with E-state index < -0.39 is 0 Å². The number of aromatic nitrogens is 2. The van der Waals surface area contributed by atoms with Crippen LogP contribution in [-0.4, -0.2) is 15.1 Å². The number of benzene rings is 2. The van der Waals surface area contributed by atoms with E-state index in [0.717, 1.165) is 27.5 Å². The van der Waals surface area contributed by atoms with Crippen LogP contribution in [0.2, 0.25) is 0 Å². The molecule has 2 heterocycles. The van der Waals surface area contributed by atoms with Gasteiger partial charge in [-0.05, 0) is 42.8 Å². The molecule has 0 saturated heterocycles. The SMILES string of the molecule is Cc1cc2c(Nc3ccc(O)cc3)nc(Cc3ccccc3)nc2s1. The number of anilines is 2. The molecule has 0 radical (unpaired) electrons. The van der Waals surface area contributed by atoms with Gasteiger partial charge in [-0.1, -0.05) is 30.3 Å². The highest BCUT2D eigenvalue weighted by molar-refractivity contribution is 7.18. The van der Waals surface area contributed by atoms with Gasteiger partial charge in [0.1, 0.15) is 22.2 Å². The van der Waals surface area contributed by atoms with E-state index in [9.17, 15) is 5.11 Å². The Hall–Kier alpha value is -2.92. The summed E-state index contributed by atoms with van der Waals surface area (Å²) in [5.41, 5.74) is 2.07. The van der Waals surface area contributed by atoms with Crippen molar-refractivity contribution in [3.05, 3.63) is 76.9 Å². The lowest BCUT2D eigenvalue weighted by atomic mass is 10.1. The molecule has 124 valence electrons. The van der Waals surface area contributed by atoms with E-state index in [1.54, 1.807) is 23.5 Å². The maximum atomic E-state index is 9.45. The standard InChI is InChI=1S/C20H17N3OS/c1-13-11-17-19(21-15-7-9-16(24)10-8-15)22-18(23-20(17)25-13)12-14-5-3-2-4-6-14/h2-11,24H,12H2,1H3,(H,21,22,23). The highest BCUT2D eigenvalue weighted by atomic mass is 32.1. The Kier molecular flexibility index (Phi) is 4.07. The Labute approximate surface area is 149 Å². The molecular formula is C20H17N3OS. The molecule has 0 spiro atoms. The normalized spacial score (nSPS) is 10.9. The van der Waals surface area contributed by atoms with Gasteiger partial charge in [0, 0.05) is 17.0 Å². The molecule has 0 bridgehead atoms. The topological polar surface area (TPSA) is 58.0 Å². The first kappa shape index (κ1) is 15.6. The molecule has 2 aromatic carbocycles. The molecule has 5 heteroatoms. The molecule has 0 amide bonds. The maximum Gasteiger partial charge on any atom is 0.142 e. The first-order chi connectivity index (χ1) is 12.2. The van der Waals surface area contributed by atoms with Crippen molar-refractivity contribution in [2.45, 2.75) is 13.3 Å². The van der Waals surface area contributed by atoms with Crippen molar-refractivity contribution in [1.29, 1.82) is 0 Å². The van der Waals surface area contributed by atoms with Gasteiger partial charge in [-0.2, -0.15) is 0 Å². The van der Waals surface area contributed by atoms with Gasteiger partial charge in [-0.15, -0.1) is 11.3 Å². The summed E-state index contributed by atoms with van der Waals surface area (Å²) in [5, 5.41) is 13.8. The second kappa shape index (κ2) is 6.53. The van der Waals surface area contributed by atoms with Crippen LogP contribution in [0.1, 0.15) is 16.3 Å². The third-order valence-corrected chi connectivity index (χ3v) is 4.84. The van der Waals surface area contributed by atoms with Crippen LogP contribution in [0.3, 0.4) is 0 Å². The Balaban J connectivity index is 1.74. The largest absolute Gasteiger partial charge is 0.508 e. The van der Waals surface area contributed by atoms with Gasteiger partial charge in [0.2, 0.25) is 0 Å². The van der Waals surface area contributed by atoms with Crippen molar-refractivity contribution in [3.63, 3.8) is 0 Å². The lowest BCUT2D eigenvalue weighted by Gasteiger charge is -2.09. The first-order valence-electron chi connectivity index (χ1n) is 8.04. The Bertz CT molecular complexity index is 1010. The number of nitrogens with zero attached hydrogens (tertiary/aromatic N) is 2. The highest BCUT2D eigenvalue weighted by Gasteiger charge is 2.11. The summed E-state index contributed by atoms with van der Waals surface area (Å²) in [5.74, 6) is 1.84. The van der Waals surface area contributed by atoms with Crippen molar-refractivity contribution in [2.24, 2.45) is 0 Å². The first-order valence-corrected chi connectivity index (χ1v) is 8.86. The number of nitrogens with one attached hydrogen (secondary N) is 1. The zero-order chi connectivity index (χ0) is 17.2. The van der Waals surface area contributed by atoms with Crippen LogP contribution < -0.4 is 5.32 Å². The molecule has 0 aliphatic carbocycles. The average molecular weight is 347 g/mol. The summed E-state index contributed by atoms with van der Waals surface area (Å²) < 4.78 is 0. The molecule has 25 heavy (non-hydrogen) atoms. The predicted octanol–water partition coefficient (Wildman–Crippen LogP) is 5.04. The van der Waals surface area contributed by atoms with Gasteiger partial charge in [0.15, 0.2) is 0 Å². The molecule has 0 saturated carbocycles. The number of rotatable bonds is 4. The highest BCUT2D eigenvalue weighted by Crippen LogP contribution is 2.31. The summed E-state index contributed by atoms with van der Waals surface area (Å²) >= 11 is 1.67. The quantitative estimate of drug-likeness (QED) is 0.508. The van der Waals surface area contributed by atoms with Gasteiger partial charge in [-0.3, -0.25) is 0 Å². The summed E-state index contributed by atoms with van der Waals surface area (Å²) in [7, 11) is 0. The Morgan fingerprint density at radius 1 is 1.00 bits per heavy atom. The zero-order valence-corrected chi connectivity index (χ0v) is 14.5. The number of aryl methyl sites for hydroxylation is 1. The van der Waals surface area contributed by atoms with Crippen molar-refractivity contribution in [2.75, 3.05) is 5.32 Å². The van der Waals surface area contributed by atoms with E-state index in [-0.39, 0.29) is 5.75 Å². The molecule has 2 N–H and O–H groups in total. The summed E-state index contributed by atoms with van der Waals surface area (Å²) in [4.78, 5) is 11.7. The van der Waals surface area contributed by atoms with E-state index in [2.05, 4.69) is 30.4 Å². The number of hydrogen-bond acceptors (Lipinski definition) is 5. The average Bonchev–Trinajstić information content (AvgIpc) is 2.98. The molecule has 4 rings (SSSR count). The van der Waals surface area contributed by atoms with Crippen LogP contribution in [0.4, 0.5) is 11.5 Å². The van der Waals surface area contributed by atoms with Gasteiger partial charge in [-0.25, -0.2) is 9.97 Å². The molecule has 0 atom stereocenters. The van der Waals surface area contributed by atoms with E-state index in [4.69, 9.17) is 9.97 Å². The van der Waals surface area contributed by atoms with E-state index >= 15 is 0 Å². The summed E-state index contributed by atoms with van der Waals surface area (Å²) in [6.07, 6.45) is 0.692. The fourth-order valence-electron chi connectivity index (χ4n) is 2.72. The minimum Gasteiger partial charge on any atom is -0.508 e. The third-order valence-electron chi connectivity index (χ3n) is 3.90. The summed E-state index contributed by atoms with van der Waals surface area (Å²) in [6, 6.07) is 19.3. The molecule has 0 unspecified atom stereocenters. The van der Waals surface area contributed by atoms with Gasteiger partial charge in [0.25, 0.3) is 0 Å². The number of fused-ring (bicyclic) bond motifs is 1. The van der Waals surface area contributed by atoms with Crippen molar-refractivity contribution in [3.8, 4) is 5.75 Å². The minimum atomic E-state index is 0.245. The number of thiophene rings is 1. The van der Waals surface area contributed by atoms with E-state index in [1.165, 1.54) is 10.4 Å². The van der Waals surface area contributed by atoms with Crippen molar-refractivity contribution in [1.82, 2.24) is 9.97 Å². The fraction of sp³-hybridized carbons (Fsp3) is 0.100. The van der Waals surface area contributed by atoms with Crippen molar-refractivity contribution < 1.29 is 5.11 Å². The molecular weight excluding hydrogens is 330 g/mol. The van der Waals surface area contributed by atoms with Gasteiger partial charge in [0.05, 0.1) is 5.39 Å². The Morgan fingerprint density at radius 3 is 2.52 bits per heavy atom. The lowest BCUT2D eigenvalue weighted by Crippen LogP contribution is -2.01. The smallest absolute Gasteiger partial charge is 0.142 e. The van der Waals surface area contributed by atoms with Crippen LogP contribution in [0.5, 0.6) is 5.75 Å². The predicted molar refractivity (Wildman–Crippen MR) is 103 cm³/mol. The minimum absolute atomic E-state index is 0.245. The van der Waals surface area contributed by atoms with Crippen LogP contribution in [0, 0.1) is 6.92 Å². The van der Waals surface area contributed by atoms with Gasteiger partial charge >= 0.3 is 0 Å². The molecule has 2 aromatic heterocycles. The van der Waals surface area contributed by atoms with Crippen molar-refractivity contribution >= 4 is 33.1 Å². The van der Waals surface area contributed by atoms with Crippen LogP contribution >= 0.6 is 11.3 Å². The number of phenols is 1. The zero-order valence-electron chi connectivity index (χ0n) is 13.7. The lowest BCUT2D eigenvalue weighted by molar-refractivity contribution is 0.475. The van der Waals surface area contributed by atoms with Crippen LogP contribution in [0.15, 0.2) is 60.7 Å². The van der Waals surface area contributed by atoms with Crippen LogP contribution in [0.25, 0.3) is 10.2 Å². The van der Waals surface area contributed by atoms with E-state index in [1.807, 2.05) is 30.3 Å². The van der Waals surface area contributed by atoms with Gasteiger partial charge < -0.3 is 10.4 Å². The molecule has 0 aliphatic rings. The van der Waals surface area contributed by atoms with Crippen LogP contribution in [-0.2, 0) is 6.42 Å². The number of aromatic hydroxyl groups is 1. The second-order valence-corrected chi connectivity index (χ2v) is 7.13. The molecule has 4 nitrogen and oxygen atoms in total.